The van der Waals surface area contributed by atoms with Gasteiger partial charge in [-0.3, -0.25) is 9.88 Å². The number of pyridine rings is 2. The molecule has 5 rings (SSSR count). The van der Waals surface area contributed by atoms with Crippen LogP contribution < -0.4 is 4.74 Å². The summed E-state index contributed by atoms with van der Waals surface area (Å²) in [5, 5.41) is 2.44. The maximum atomic E-state index is 6.50. The molecule has 3 heterocycles. The lowest BCUT2D eigenvalue weighted by atomic mass is 10.1. The minimum absolute atomic E-state index is 0.258. The Hall–Kier alpha value is -2.95. The molecule has 5 heteroatoms. The van der Waals surface area contributed by atoms with Gasteiger partial charge in [-0.15, -0.1) is 0 Å². The number of ether oxygens (including phenoxy) is 1. The molecular formula is C26H24ClN3O. The smallest absolute Gasteiger partial charge is 0.146 e. The van der Waals surface area contributed by atoms with E-state index in [0.29, 0.717) is 5.15 Å². The molecular weight excluding hydrogens is 406 g/mol. The van der Waals surface area contributed by atoms with Crippen molar-refractivity contribution in [3.63, 3.8) is 0 Å². The van der Waals surface area contributed by atoms with Gasteiger partial charge < -0.3 is 4.74 Å². The van der Waals surface area contributed by atoms with Crippen molar-refractivity contribution < 1.29 is 4.74 Å². The topological polar surface area (TPSA) is 38.2 Å². The summed E-state index contributed by atoms with van der Waals surface area (Å²) in [4.78, 5) is 11.2. The van der Waals surface area contributed by atoms with Gasteiger partial charge in [-0.1, -0.05) is 66.2 Å². The van der Waals surface area contributed by atoms with E-state index in [1.165, 1.54) is 5.56 Å². The van der Waals surface area contributed by atoms with Crippen LogP contribution >= 0.6 is 11.6 Å². The first-order chi connectivity index (χ1) is 15.1. The van der Waals surface area contributed by atoms with Gasteiger partial charge in [0.25, 0.3) is 0 Å². The lowest BCUT2D eigenvalue weighted by molar-refractivity contribution is 0.0965. The van der Waals surface area contributed by atoms with E-state index in [1.807, 2.05) is 48.7 Å². The summed E-state index contributed by atoms with van der Waals surface area (Å²) in [6, 6.07) is 22.7. The van der Waals surface area contributed by atoms with Crippen LogP contribution in [0.1, 0.15) is 18.9 Å². The number of rotatable bonds is 5. The van der Waals surface area contributed by atoms with E-state index < -0.39 is 0 Å². The first-order valence-electron chi connectivity index (χ1n) is 10.5. The van der Waals surface area contributed by atoms with Crippen LogP contribution in [0.3, 0.4) is 0 Å². The van der Waals surface area contributed by atoms with Gasteiger partial charge in [0, 0.05) is 48.6 Å². The third-order valence-electron chi connectivity index (χ3n) is 5.90. The second kappa shape index (κ2) is 8.29. The van der Waals surface area contributed by atoms with Crippen LogP contribution in [0.5, 0.6) is 5.75 Å². The van der Waals surface area contributed by atoms with Crippen LogP contribution in [-0.2, 0) is 6.54 Å². The Morgan fingerprint density at radius 2 is 1.74 bits per heavy atom. The molecule has 0 aliphatic carbocycles. The van der Waals surface area contributed by atoms with Crippen LogP contribution in [-0.4, -0.2) is 33.6 Å². The molecule has 2 aromatic carbocycles. The van der Waals surface area contributed by atoms with E-state index >= 15 is 0 Å². The van der Waals surface area contributed by atoms with Gasteiger partial charge in [-0.05, 0) is 24.6 Å². The number of benzene rings is 2. The molecule has 4 aromatic rings. The Kier molecular flexibility index (Phi) is 5.34. The predicted octanol–water partition coefficient (Wildman–Crippen LogP) is 5.99. The predicted molar refractivity (Wildman–Crippen MR) is 125 cm³/mol. The zero-order chi connectivity index (χ0) is 21.3. The Labute approximate surface area is 187 Å². The highest BCUT2D eigenvalue weighted by molar-refractivity contribution is 6.34. The molecule has 1 aliphatic heterocycles. The molecule has 156 valence electrons. The van der Waals surface area contributed by atoms with Crippen LogP contribution in [0, 0.1) is 0 Å². The van der Waals surface area contributed by atoms with Crippen molar-refractivity contribution in [2.75, 3.05) is 13.1 Å². The van der Waals surface area contributed by atoms with Crippen molar-refractivity contribution in [1.29, 1.82) is 0 Å². The summed E-state index contributed by atoms with van der Waals surface area (Å²) >= 11 is 6.27. The Bertz CT molecular complexity index is 1200. The molecule has 0 amide bonds. The normalized spacial score (nSPS) is 19.0. The van der Waals surface area contributed by atoms with E-state index in [9.17, 15) is 0 Å². The molecule has 0 spiro atoms. The summed E-state index contributed by atoms with van der Waals surface area (Å²) in [7, 11) is 0. The SMILES string of the molecule is CC1(Oc2cnc(Cl)c3ccccc23)CCN(Cc2ccc(-c3ccccn3)cc2)C1. The highest BCUT2D eigenvalue weighted by Gasteiger charge is 2.36. The lowest BCUT2D eigenvalue weighted by Gasteiger charge is -2.27. The lowest BCUT2D eigenvalue weighted by Crippen LogP contribution is -2.36. The third-order valence-corrected chi connectivity index (χ3v) is 6.20. The summed E-state index contributed by atoms with van der Waals surface area (Å²) < 4.78 is 6.50. The fourth-order valence-corrected chi connectivity index (χ4v) is 4.51. The molecule has 0 N–H and O–H groups in total. The standard InChI is InChI=1S/C26H24ClN3O/c1-26(31-24-16-29-25(27)22-7-3-2-6-21(22)24)13-15-30(18-26)17-19-9-11-20(12-10-19)23-8-4-5-14-28-23/h2-12,14,16H,13,15,17-18H2,1H3. The van der Waals surface area contributed by atoms with Gasteiger partial charge in [0.1, 0.15) is 16.5 Å². The third kappa shape index (κ3) is 4.27. The minimum Gasteiger partial charge on any atom is -0.484 e. The zero-order valence-corrected chi connectivity index (χ0v) is 18.2. The molecule has 1 aliphatic rings. The van der Waals surface area contributed by atoms with Gasteiger partial charge in [0.2, 0.25) is 0 Å². The molecule has 1 atom stereocenters. The second-order valence-corrected chi connectivity index (χ2v) is 8.74. The molecule has 0 radical (unpaired) electrons. The number of hydrogen-bond acceptors (Lipinski definition) is 4. The van der Waals surface area contributed by atoms with Crippen LogP contribution in [0.15, 0.2) is 79.1 Å². The molecule has 1 unspecified atom stereocenters. The largest absolute Gasteiger partial charge is 0.484 e. The van der Waals surface area contributed by atoms with Gasteiger partial charge in [0.15, 0.2) is 0 Å². The number of hydrogen-bond donors (Lipinski definition) is 0. The van der Waals surface area contributed by atoms with Gasteiger partial charge >= 0.3 is 0 Å². The highest BCUT2D eigenvalue weighted by atomic mass is 35.5. The summed E-state index contributed by atoms with van der Waals surface area (Å²) in [6.45, 7) is 4.95. The highest BCUT2D eigenvalue weighted by Crippen LogP contribution is 2.34. The maximum absolute atomic E-state index is 6.50. The summed E-state index contributed by atoms with van der Waals surface area (Å²) in [6.07, 6.45) is 4.54. The summed E-state index contributed by atoms with van der Waals surface area (Å²) in [5.41, 5.74) is 3.18. The average molecular weight is 430 g/mol. The van der Waals surface area contributed by atoms with Crippen molar-refractivity contribution in [3.05, 3.63) is 89.8 Å². The maximum Gasteiger partial charge on any atom is 0.146 e. The Balaban J connectivity index is 1.27. The zero-order valence-electron chi connectivity index (χ0n) is 17.5. The van der Waals surface area contributed by atoms with Crippen molar-refractivity contribution >= 4 is 22.4 Å². The van der Waals surface area contributed by atoms with Crippen molar-refractivity contribution in [3.8, 4) is 17.0 Å². The molecule has 0 bridgehead atoms. The number of fused-ring (bicyclic) bond motifs is 1. The molecule has 0 saturated carbocycles. The molecule has 2 aromatic heterocycles. The van der Waals surface area contributed by atoms with Crippen molar-refractivity contribution in [1.82, 2.24) is 14.9 Å². The first-order valence-corrected chi connectivity index (χ1v) is 10.9. The summed E-state index contributed by atoms with van der Waals surface area (Å²) in [5.74, 6) is 0.795. The van der Waals surface area contributed by atoms with Gasteiger partial charge in [0.05, 0.1) is 11.9 Å². The van der Waals surface area contributed by atoms with Crippen LogP contribution in [0.25, 0.3) is 22.0 Å². The van der Waals surface area contributed by atoms with E-state index in [-0.39, 0.29) is 5.60 Å². The number of aromatic nitrogens is 2. The fraction of sp³-hybridized carbons (Fsp3) is 0.231. The monoisotopic (exact) mass is 429 g/mol. The number of nitrogens with zero attached hydrogens (tertiary/aromatic N) is 3. The van der Waals surface area contributed by atoms with E-state index in [4.69, 9.17) is 16.3 Å². The quantitative estimate of drug-likeness (QED) is 0.365. The molecule has 1 saturated heterocycles. The molecule has 1 fully saturated rings. The van der Waals surface area contributed by atoms with Crippen LogP contribution in [0.2, 0.25) is 5.15 Å². The molecule has 31 heavy (non-hydrogen) atoms. The Morgan fingerprint density at radius 3 is 2.52 bits per heavy atom. The van der Waals surface area contributed by atoms with Gasteiger partial charge in [-0.25, -0.2) is 4.98 Å². The van der Waals surface area contributed by atoms with Crippen molar-refractivity contribution in [2.24, 2.45) is 0 Å². The Morgan fingerprint density at radius 1 is 0.968 bits per heavy atom. The van der Waals surface area contributed by atoms with E-state index in [2.05, 4.69) is 46.1 Å². The van der Waals surface area contributed by atoms with E-state index in [0.717, 1.165) is 53.8 Å². The fourth-order valence-electron chi connectivity index (χ4n) is 4.30. The number of halogens is 1. The van der Waals surface area contributed by atoms with E-state index in [1.54, 1.807) is 6.20 Å². The van der Waals surface area contributed by atoms with Gasteiger partial charge in [-0.2, -0.15) is 0 Å². The minimum atomic E-state index is -0.258. The molecule has 4 nitrogen and oxygen atoms in total. The second-order valence-electron chi connectivity index (χ2n) is 8.38. The first kappa shape index (κ1) is 20.0. The van der Waals surface area contributed by atoms with Crippen molar-refractivity contribution in [2.45, 2.75) is 25.5 Å². The van der Waals surface area contributed by atoms with Crippen LogP contribution in [0.4, 0.5) is 0 Å². The number of likely N-dealkylation sites (tertiary alicyclic amines) is 1. The average Bonchev–Trinajstić information content (AvgIpc) is 3.17.